The maximum atomic E-state index is 13.4. The minimum atomic E-state index is -1.19. The molecule has 2 aliphatic rings. The number of hydrogen-bond acceptors (Lipinski definition) is 10. The molecule has 2 unspecified atom stereocenters. The highest BCUT2D eigenvalue weighted by atomic mass is 35.5. The number of hydrogen-bond donors (Lipinski definition) is 3. The van der Waals surface area contributed by atoms with Crippen molar-refractivity contribution in [1.82, 2.24) is 19.3 Å². The van der Waals surface area contributed by atoms with Crippen molar-refractivity contribution in [3.8, 4) is 5.75 Å². The van der Waals surface area contributed by atoms with E-state index in [-0.39, 0.29) is 18.1 Å². The molecule has 2 aromatic rings. The lowest BCUT2D eigenvalue weighted by Gasteiger charge is -2.19. The number of aliphatic hydroxyl groups is 1. The van der Waals surface area contributed by atoms with E-state index in [4.69, 9.17) is 27.0 Å². The lowest BCUT2D eigenvalue weighted by Crippen LogP contribution is -2.58. The van der Waals surface area contributed by atoms with E-state index in [0.29, 0.717) is 28.6 Å². The molecule has 0 saturated heterocycles. The van der Waals surface area contributed by atoms with Gasteiger partial charge in [0.25, 0.3) is 0 Å². The molecular weight excluding hydrogens is 506 g/mol. The molecule has 0 fully saturated rings. The summed E-state index contributed by atoms with van der Waals surface area (Å²) in [4.78, 5) is 46.9. The fraction of sp³-hybridized carbons (Fsp3) is 0.348. The number of ether oxygens (including phenoxy) is 1. The van der Waals surface area contributed by atoms with Gasteiger partial charge in [-0.25, -0.2) is 19.1 Å². The van der Waals surface area contributed by atoms with Gasteiger partial charge in [-0.05, 0) is 49.6 Å². The van der Waals surface area contributed by atoms with Crippen LogP contribution in [0.1, 0.15) is 13.3 Å². The van der Waals surface area contributed by atoms with Crippen LogP contribution in [0.4, 0.5) is 5.69 Å². The zero-order valence-corrected chi connectivity index (χ0v) is 20.6. The molecule has 4 rings (SSSR count). The average molecular weight is 532 g/mol. The molecule has 3 atom stereocenters. The largest absolute Gasteiger partial charge is 0.469 e. The van der Waals surface area contributed by atoms with E-state index in [1.165, 1.54) is 4.57 Å². The highest BCUT2D eigenvalue weighted by Gasteiger charge is 2.20. The predicted molar refractivity (Wildman–Crippen MR) is 135 cm³/mol. The molecule has 2 heterocycles. The minimum Gasteiger partial charge on any atom is -0.469 e. The Morgan fingerprint density at radius 2 is 2.03 bits per heavy atom. The van der Waals surface area contributed by atoms with Crippen molar-refractivity contribution in [3.05, 3.63) is 90.9 Å². The maximum Gasteiger partial charge on any atom is 0.353 e. The standard InChI is InChI=1S/C23H26ClN7O6/c1-14-10-20(28-37-14)36-19-8-6-17(7-9-19)26-21-29(11-15-2-4-16(24)5-3-15)22(33)30(23(34)31(21)25)12-18(13-32)27-35/h2,4-10,15,18,20,28,32H,3,11-13,25H2,1H3/t15?,18-,20?/m1/s1. The molecule has 0 bridgehead atoms. The first-order valence-electron chi connectivity index (χ1n) is 11.4. The number of hydroxylamine groups is 1. The van der Waals surface area contributed by atoms with E-state index < -0.39 is 36.8 Å². The Balaban J connectivity index is 1.74. The van der Waals surface area contributed by atoms with E-state index in [9.17, 15) is 19.6 Å². The monoisotopic (exact) mass is 531 g/mol. The number of nitrogens with one attached hydrogen (secondary N) is 1. The molecule has 196 valence electrons. The molecule has 0 saturated carbocycles. The van der Waals surface area contributed by atoms with Gasteiger partial charge in [-0.2, -0.15) is 9.58 Å². The van der Waals surface area contributed by atoms with Gasteiger partial charge in [0.2, 0.25) is 11.8 Å². The van der Waals surface area contributed by atoms with Crippen molar-refractivity contribution in [3.63, 3.8) is 0 Å². The Hall–Kier alpha value is -3.94. The molecule has 1 aromatic heterocycles. The van der Waals surface area contributed by atoms with Gasteiger partial charge < -0.3 is 20.5 Å². The Bertz CT molecular complexity index is 1440. The quantitative estimate of drug-likeness (QED) is 0.314. The molecule has 37 heavy (non-hydrogen) atoms. The van der Waals surface area contributed by atoms with Crippen LogP contribution in [0.5, 0.6) is 5.75 Å². The van der Waals surface area contributed by atoms with E-state index in [1.807, 2.05) is 12.2 Å². The maximum absolute atomic E-state index is 13.4. The second-order valence-corrected chi connectivity index (χ2v) is 8.92. The summed E-state index contributed by atoms with van der Waals surface area (Å²) in [5.41, 5.74) is 1.38. The molecule has 0 radical (unpaired) electrons. The smallest absolute Gasteiger partial charge is 0.353 e. The molecule has 1 aliphatic heterocycles. The van der Waals surface area contributed by atoms with Crippen LogP contribution in [0.3, 0.4) is 0 Å². The van der Waals surface area contributed by atoms with Gasteiger partial charge in [-0.3, -0.25) is 4.57 Å². The number of nitroso groups, excluding NO2 is 1. The van der Waals surface area contributed by atoms with E-state index in [2.05, 4.69) is 15.6 Å². The lowest BCUT2D eigenvalue weighted by atomic mass is 10.0. The summed E-state index contributed by atoms with van der Waals surface area (Å²) < 4.78 is 8.49. The van der Waals surface area contributed by atoms with Crippen LogP contribution in [0.15, 0.2) is 79.1 Å². The van der Waals surface area contributed by atoms with Crippen molar-refractivity contribution in [2.24, 2.45) is 16.1 Å². The first-order chi connectivity index (χ1) is 17.8. The van der Waals surface area contributed by atoms with Gasteiger partial charge in [0.15, 0.2) is 0 Å². The van der Waals surface area contributed by atoms with Crippen molar-refractivity contribution >= 4 is 17.3 Å². The summed E-state index contributed by atoms with van der Waals surface area (Å²) in [6.45, 7) is 0.860. The second kappa shape index (κ2) is 11.4. The zero-order valence-electron chi connectivity index (χ0n) is 19.9. The zero-order chi connectivity index (χ0) is 26.5. The number of halogens is 1. The number of allylic oxidation sites excluding steroid dienone is 5. The number of aromatic nitrogens is 3. The Labute approximate surface area is 215 Å². The highest BCUT2D eigenvalue weighted by Crippen LogP contribution is 2.21. The van der Waals surface area contributed by atoms with Crippen LogP contribution >= 0.6 is 11.6 Å². The second-order valence-electron chi connectivity index (χ2n) is 8.48. The molecule has 0 amide bonds. The summed E-state index contributed by atoms with van der Waals surface area (Å²) in [6.07, 6.45) is 7.27. The van der Waals surface area contributed by atoms with Gasteiger partial charge in [0, 0.05) is 17.7 Å². The Morgan fingerprint density at radius 1 is 1.27 bits per heavy atom. The van der Waals surface area contributed by atoms with Gasteiger partial charge in [0.05, 0.1) is 18.8 Å². The number of rotatable bonds is 9. The molecule has 14 heteroatoms. The van der Waals surface area contributed by atoms with Crippen molar-refractivity contribution in [1.29, 1.82) is 0 Å². The first-order valence-corrected chi connectivity index (χ1v) is 11.8. The molecule has 0 spiro atoms. The molecule has 1 aliphatic carbocycles. The van der Waals surface area contributed by atoms with Crippen LogP contribution in [0.25, 0.3) is 0 Å². The average Bonchev–Trinajstić information content (AvgIpc) is 3.31. The summed E-state index contributed by atoms with van der Waals surface area (Å²) in [7, 11) is 0. The molecule has 1 aromatic carbocycles. The summed E-state index contributed by atoms with van der Waals surface area (Å²) in [5.74, 6) is 7.19. The van der Waals surface area contributed by atoms with Crippen LogP contribution in [-0.4, -0.2) is 37.8 Å². The minimum absolute atomic E-state index is 0.0991. The van der Waals surface area contributed by atoms with E-state index in [0.717, 1.165) is 9.24 Å². The summed E-state index contributed by atoms with van der Waals surface area (Å²) in [5, 5.41) is 12.7. The van der Waals surface area contributed by atoms with Crippen molar-refractivity contribution in [2.45, 2.75) is 38.7 Å². The number of benzene rings is 1. The third kappa shape index (κ3) is 6.07. The van der Waals surface area contributed by atoms with Crippen molar-refractivity contribution < 1.29 is 14.7 Å². The fourth-order valence-corrected chi connectivity index (χ4v) is 3.95. The number of aliphatic hydroxyl groups excluding tert-OH is 1. The van der Waals surface area contributed by atoms with Crippen LogP contribution in [-0.2, 0) is 17.9 Å². The van der Waals surface area contributed by atoms with Gasteiger partial charge in [-0.1, -0.05) is 28.9 Å². The first kappa shape index (κ1) is 26.1. The van der Waals surface area contributed by atoms with Gasteiger partial charge in [-0.15, -0.1) is 5.48 Å². The Kier molecular flexibility index (Phi) is 8.06. The summed E-state index contributed by atoms with van der Waals surface area (Å²) >= 11 is 6.02. The number of nitrogen functional groups attached to an aromatic ring is 1. The molecular formula is C23H26ClN7O6. The number of nitrogens with zero attached hydrogens (tertiary/aromatic N) is 5. The van der Waals surface area contributed by atoms with E-state index >= 15 is 0 Å². The summed E-state index contributed by atoms with van der Waals surface area (Å²) in [6, 6.07) is 5.44. The SMILES string of the molecule is CC1=CC(Oc2ccc(N=c3n(N)c(=O)n(C[C@H](CO)N=O)c(=O)n3CC3C=CC(Cl)=CC3)cc2)NO1. The van der Waals surface area contributed by atoms with Crippen LogP contribution < -0.4 is 33.1 Å². The number of nitrogens with two attached hydrogens (primary N) is 1. The van der Waals surface area contributed by atoms with E-state index in [1.54, 1.807) is 43.3 Å². The van der Waals surface area contributed by atoms with Crippen molar-refractivity contribution in [2.75, 3.05) is 12.4 Å². The highest BCUT2D eigenvalue weighted by molar-refractivity contribution is 6.31. The third-order valence-corrected chi connectivity index (χ3v) is 6.00. The Morgan fingerprint density at radius 3 is 2.62 bits per heavy atom. The third-order valence-electron chi connectivity index (χ3n) is 5.72. The molecule has 4 N–H and O–H groups in total. The van der Waals surface area contributed by atoms with Crippen LogP contribution in [0, 0.1) is 10.8 Å². The normalized spacial score (nSPS) is 20.2. The predicted octanol–water partition coefficient (Wildman–Crippen LogP) is 0.727. The van der Waals surface area contributed by atoms with Gasteiger partial charge >= 0.3 is 11.4 Å². The fourth-order valence-electron chi connectivity index (χ4n) is 3.78. The molecule has 13 nitrogen and oxygen atoms in total. The lowest BCUT2D eigenvalue weighted by molar-refractivity contribution is 0.0482. The van der Waals surface area contributed by atoms with Gasteiger partial charge in [0.1, 0.15) is 17.6 Å². The van der Waals surface area contributed by atoms with Crippen LogP contribution in [0.2, 0.25) is 0 Å². The topological polar surface area (TPSA) is 167 Å².